The monoisotopic (exact) mass is 212 g/mol. The average molecular weight is 212 g/mol. The van der Waals surface area contributed by atoms with Gasteiger partial charge in [0.05, 0.1) is 25.0 Å². The summed E-state index contributed by atoms with van der Waals surface area (Å²) in [5, 5.41) is 0. The van der Waals surface area contributed by atoms with Crippen molar-refractivity contribution in [3.63, 3.8) is 0 Å². The van der Waals surface area contributed by atoms with E-state index < -0.39 is 11.8 Å². The molecule has 2 atom stereocenters. The second-order valence-electron chi connectivity index (χ2n) is 3.30. The molecule has 0 amide bonds. The quantitative estimate of drug-likeness (QED) is 0.520. The number of carbonyl (C=O) groups is 2. The summed E-state index contributed by atoms with van der Waals surface area (Å²) >= 11 is 0. The summed E-state index contributed by atoms with van der Waals surface area (Å²) in [7, 11) is 0. The van der Waals surface area contributed by atoms with Gasteiger partial charge in [0.2, 0.25) is 0 Å². The van der Waals surface area contributed by atoms with Crippen molar-refractivity contribution in [2.45, 2.75) is 20.3 Å². The van der Waals surface area contributed by atoms with Crippen LogP contribution in [0.3, 0.4) is 0 Å². The van der Waals surface area contributed by atoms with E-state index in [9.17, 15) is 9.59 Å². The molecule has 84 valence electrons. The van der Waals surface area contributed by atoms with Crippen molar-refractivity contribution < 1.29 is 19.1 Å². The minimum Gasteiger partial charge on any atom is -0.466 e. The SMILES string of the molecule is CCOC(=O)C1C=CCC1C(=O)OCC. The third kappa shape index (κ3) is 2.81. The first kappa shape index (κ1) is 11.8. The molecule has 1 rings (SSSR count). The number of hydrogen-bond donors (Lipinski definition) is 0. The van der Waals surface area contributed by atoms with E-state index in [4.69, 9.17) is 9.47 Å². The maximum absolute atomic E-state index is 11.5. The lowest BCUT2D eigenvalue weighted by molar-refractivity contribution is -0.157. The van der Waals surface area contributed by atoms with Crippen molar-refractivity contribution in [1.82, 2.24) is 0 Å². The van der Waals surface area contributed by atoms with Crippen LogP contribution in [-0.2, 0) is 19.1 Å². The Hall–Kier alpha value is -1.32. The fourth-order valence-electron chi connectivity index (χ4n) is 1.63. The van der Waals surface area contributed by atoms with Crippen LogP contribution in [0.4, 0.5) is 0 Å². The summed E-state index contributed by atoms with van der Waals surface area (Å²) in [6.07, 6.45) is 4.10. The van der Waals surface area contributed by atoms with Crippen LogP contribution in [0.15, 0.2) is 12.2 Å². The average Bonchev–Trinajstić information content (AvgIpc) is 2.66. The largest absolute Gasteiger partial charge is 0.466 e. The van der Waals surface area contributed by atoms with E-state index in [1.165, 1.54) is 0 Å². The topological polar surface area (TPSA) is 52.6 Å². The van der Waals surface area contributed by atoms with Gasteiger partial charge in [-0.25, -0.2) is 0 Å². The first-order valence-electron chi connectivity index (χ1n) is 5.20. The highest BCUT2D eigenvalue weighted by Gasteiger charge is 2.36. The van der Waals surface area contributed by atoms with Crippen LogP contribution in [-0.4, -0.2) is 25.2 Å². The molecule has 1 aliphatic rings. The molecule has 0 aliphatic heterocycles. The molecule has 4 nitrogen and oxygen atoms in total. The Morgan fingerprint density at radius 2 is 1.80 bits per heavy atom. The fraction of sp³-hybridized carbons (Fsp3) is 0.636. The van der Waals surface area contributed by atoms with Gasteiger partial charge >= 0.3 is 11.9 Å². The van der Waals surface area contributed by atoms with Gasteiger partial charge in [-0.1, -0.05) is 12.2 Å². The zero-order valence-corrected chi connectivity index (χ0v) is 9.06. The lowest BCUT2D eigenvalue weighted by atomic mass is 9.96. The summed E-state index contributed by atoms with van der Waals surface area (Å²) in [5.74, 6) is -1.53. The van der Waals surface area contributed by atoms with Crippen molar-refractivity contribution >= 4 is 11.9 Å². The third-order valence-electron chi connectivity index (χ3n) is 2.32. The summed E-state index contributed by atoms with van der Waals surface area (Å²) in [6, 6.07) is 0. The molecule has 1 aliphatic carbocycles. The zero-order valence-electron chi connectivity index (χ0n) is 9.06. The molecule has 0 N–H and O–H groups in total. The van der Waals surface area contributed by atoms with Gasteiger partial charge in [0.25, 0.3) is 0 Å². The highest BCUT2D eigenvalue weighted by atomic mass is 16.5. The predicted octanol–water partition coefficient (Wildman–Crippen LogP) is 1.30. The van der Waals surface area contributed by atoms with Crippen molar-refractivity contribution in [1.29, 1.82) is 0 Å². The van der Waals surface area contributed by atoms with Gasteiger partial charge in [0, 0.05) is 0 Å². The number of hydrogen-bond acceptors (Lipinski definition) is 4. The molecule has 0 aromatic carbocycles. The van der Waals surface area contributed by atoms with E-state index >= 15 is 0 Å². The van der Waals surface area contributed by atoms with Gasteiger partial charge in [0.1, 0.15) is 0 Å². The molecule has 15 heavy (non-hydrogen) atoms. The Morgan fingerprint density at radius 3 is 2.40 bits per heavy atom. The molecule has 0 saturated carbocycles. The summed E-state index contributed by atoms with van der Waals surface area (Å²) in [4.78, 5) is 23.0. The number of rotatable bonds is 4. The van der Waals surface area contributed by atoms with E-state index in [0.29, 0.717) is 19.6 Å². The Balaban J connectivity index is 2.59. The van der Waals surface area contributed by atoms with Crippen LogP contribution < -0.4 is 0 Å². The Labute approximate surface area is 89.2 Å². The van der Waals surface area contributed by atoms with E-state index in [-0.39, 0.29) is 11.9 Å². The number of allylic oxidation sites excluding steroid dienone is 1. The van der Waals surface area contributed by atoms with Gasteiger partial charge in [-0.2, -0.15) is 0 Å². The molecule has 0 fully saturated rings. The van der Waals surface area contributed by atoms with Gasteiger partial charge in [0.15, 0.2) is 0 Å². The second kappa shape index (κ2) is 5.53. The lowest BCUT2D eigenvalue weighted by Gasteiger charge is -2.16. The van der Waals surface area contributed by atoms with Crippen molar-refractivity contribution in [3.8, 4) is 0 Å². The summed E-state index contributed by atoms with van der Waals surface area (Å²) < 4.78 is 9.78. The zero-order chi connectivity index (χ0) is 11.3. The smallest absolute Gasteiger partial charge is 0.313 e. The first-order valence-corrected chi connectivity index (χ1v) is 5.20. The van der Waals surface area contributed by atoms with Crippen molar-refractivity contribution in [2.75, 3.05) is 13.2 Å². The molecule has 0 aromatic heterocycles. The Morgan fingerprint density at radius 1 is 1.20 bits per heavy atom. The van der Waals surface area contributed by atoms with E-state index in [1.807, 2.05) is 6.08 Å². The number of carbonyl (C=O) groups excluding carboxylic acids is 2. The summed E-state index contributed by atoms with van der Waals surface area (Å²) in [6.45, 7) is 4.17. The molecular formula is C11H16O4. The van der Waals surface area contributed by atoms with Crippen molar-refractivity contribution in [3.05, 3.63) is 12.2 Å². The van der Waals surface area contributed by atoms with Crippen LogP contribution in [0.5, 0.6) is 0 Å². The molecule has 0 heterocycles. The van der Waals surface area contributed by atoms with Crippen LogP contribution in [0.1, 0.15) is 20.3 Å². The van der Waals surface area contributed by atoms with Gasteiger partial charge in [-0.3, -0.25) is 9.59 Å². The van der Waals surface area contributed by atoms with E-state index in [2.05, 4.69) is 0 Å². The molecule has 2 unspecified atom stereocenters. The molecule has 0 spiro atoms. The highest BCUT2D eigenvalue weighted by molar-refractivity contribution is 5.84. The van der Waals surface area contributed by atoms with Gasteiger partial charge in [-0.05, 0) is 20.3 Å². The predicted molar refractivity (Wildman–Crippen MR) is 54.0 cm³/mol. The van der Waals surface area contributed by atoms with Gasteiger partial charge in [-0.15, -0.1) is 0 Å². The lowest BCUT2D eigenvalue weighted by Crippen LogP contribution is -2.28. The minimum absolute atomic E-state index is 0.319. The molecule has 0 saturated heterocycles. The maximum atomic E-state index is 11.5. The fourth-order valence-corrected chi connectivity index (χ4v) is 1.63. The molecule has 0 bridgehead atoms. The van der Waals surface area contributed by atoms with Crippen LogP contribution in [0.2, 0.25) is 0 Å². The number of ether oxygens (including phenoxy) is 2. The van der Waals surface area contributed by atoms with E-state index in [0.717, 1.165) is 0 Å². The first-order chi connectivity index (χ1) is 7.20. The van der Waals surface area contributed by atoms with Crippen LogP contribution in [0, 0.1) is 11.8 Å². The third-order valence-corrected chi connectivity index (χ3v) is 2.32. The van der Waals surface area contributed by atoms with E-state index in [1.54, 1.807) is 19.9 Å². The van der Waals surface area contributed by atoms with Crippen LogP contribution >= 0.6 is 0 Å². The molecule has 0 radical (unpaired) electrons. The second-order valence-corrected chi connectivity index (χ2v) is 3.30. The van der Waals surface area contributed by atoms with Crippen LogP contribution in [0.25, 0.3) is 0 Å². The molecule has 4 heteroatoms. The number of esters is 2. The Bertz CT molecular complexity index is 270. The molecule has 0 aromatic rings. The summed E-state index contributed by atoms with van der Waals surface area (Å²) in [5.41, 5.74) is 0. The maximum Gasteiger partial charge on any atom is 0.313 e. The van der Waals surface area contributed by atoms with Crippen molar-refractivity contribution in [2.24, 2.45) is 11.8 Å². The molecular weight excluding hydrogens is 196 g/mol. The minimum atomic E-state index is -0.469. The normalized spacial score (nSPS) is 23.9. The highest BCUT2D eigenvalue weighted by Crippen LogP contribution is 2.27. The Kier molecular flexibility index (Phi) is 4.34. The standard InChI is InChI=1S/C11H16O4/c1-3-14-10(12)8-6-5-7-9(8)11(13)15-4-2/h5-6,8-9H,3-4,7H2,1-2H3. The van der Waals surface area contributed by atoms with Gasteiger partial charge < -0.3 is 9.47 Å².